The van der Waals surface area contributed by atoms with Gasteiger partial charge in [-0.25, -0.2) is 4.79 Å². The van der Waals surface area contributed by atoms with Crippen LogP contribution in [0.15, 0.2) is 57.7 Å². The molecule has 4 heteroatoms. The van der Waals surface area contributed by atoms with E-state index < -0.39 is 5.63 Å². The molecule has 0 aliphatic heterocycles. The monoisotopic (exact) mass is 294 g/mol. The van der Waals surface area contributed by atoms with Crippen molar-refractivity contribution in [3.8, 4) is 5.75 Å². The van der Waals surface area contributed by atoms with Crippen LogP contribution in [0.5, 0.6) is 5.75 Å². The first-order chi connectivity index (χ1) is 10.7. The number of carbonyl (C=O) groups excluding carboxylic acids is 1. The van der Waals surface area contributed by atoms with Gasteiger partial charge in [0.25, 0.3) is 0 Å². The highest BCUT2D eigenvalue weighted by molar-refractivity contribution is 5.87. The molecule has 0 aliphatic rings. The molecule has 110 valence electrons. The van der Waals surface area contributed by atoms with Crippen LogP contribution in [0.4, 0.5) is 0 Å². The van der Waals surface area contributed by atoms with Gasteiger partial charge in [0.15, 0.2) is 6.29 Å². The van der Waals surface area contributed by atoms with Crippen LogP contribution in [0.3, 0.4) is 0 Å². The van der Waals surface area contributed by atoms with E-state index in [1.807, 2.05) is 43.3 Å². The second-order valence-electron chi connectivity index (χ2n) is 4.99. The van der Waals surface area contributed by atoms with Crippen molar-refractivity contribution in [2.24, 2.45) is 0 Å². The molecule has 3 aromatic rings. The molecule has 0 atom stereocenters. The Bertz CT molecular complexity index is 879. The Balaban J connectivity index is 1.96. The molecule has 0 amide bonds. The zero-order chi connectivity index (χ0) is 15.5. The van der Waals surface area contributed by atoms with Crippen LogP contribution in [-0.4, -0.2) is 6.29 Å². The van der Waals surface area contributed by atoms with Crippen molar-refractivity contribution in [3.05, 3.63) is 75.6 Å². The van der Waals surface area contributed by atoms with Gasteiger partial charge in [-0.2, -0.15) is 0 Å². The first-order valence-corrected chi connectivity index (χ1v) is 6.88. The Labute approximate surface area is 127 Å². The zero-order valence-corrected chi connectivity index (χ0v) is 12.0. The van der Waals surface area contributed by atoms with Gasteiger partial charge in [0, 0.05) is 10.9 Å². The SMILES string of the molecule is Cc1c(OCc2ccccc2)ccc2cc(C=O)c(=O)oc12. The lowest BCUT2D eigenvalue weighted by Crippen LogP contribution is -2.06. The third kappa shape index (κ3) is 2.63. The van der Waals surface area contributed by atoms with Crippen LogP contribution < -0.4 is 10.4 Å². The quantitative estimate of drug-likeness (QED) is 0.546. The summed E-state index contributed by atoms with van der Waals surface area (Å²) in [6, 6.07) is 14.9. The lowest BCUT2D eigenvalue weighted by atomic mass is 10.1. The summed E-state index contributed by atoms with van der Waals surface area (Å²) in [5.74, 6) is 0.651. The van der Waals surface area contributed by atoms with Gasteiger partial charge in [0.1, 0.15) is 23.5 Å². The highest BCUT2D eigenvalue weighted by atomic mass is 16.5. The van der Waals surface area contributed by atoms with Gasteiger partial charge in [-0.15, -0.1) is 0 Å². The van der Waals surface area contributed by atoms with Gasteiger partial charge in [0.2, 0.25) is 0 Å². The predicted octanol–water partition coefficient (Wildman–Crippen LogP) is 3.49. The third-order valence-corrected chi connectivity index (χ3v) is 3.49. The van der Waals surface area contributed by atoms with E-state index in [-0.39, 0.29) is 5.56 Å². The Morgan fingerprint density at radius 2 is 1.91 bits per heavy atom. The molecule has 1 heterocycles. The number of rotatable bonds is 4. The number of hydrogen-bond acceptors (Lipinski definition) is 4. The molecule has 0 radical (unpaired) electrons. The van der Waals surface area contributed by atoms with E-state index in [9.17, 15) is 9.59 Å². The van der Waals surface area contributed by atoms with E-state index in [1.165, 1.54) is 6.07 Å². The van der Waals surface area contributed by atoms with E-state index in [0.717, 1.165) is 11.1 Å². The highest BCUT2D eigenvalue weighted by Gasteiger charge is 2.10. The third-order valence-electron chi connectivity index (χ3n) is 3.49. The summed E-state index contributed by atoms with van der Waals surface area (Å²) in [7, 11) is 0. The smallest absolute Gasteiger partial charge is 0.346 e. The van der Waals surface area contributed by atoms with Crippen LogP contribution >= 0.6 is 0 Å². The molecule has 1 aromatic heterocycles. The van der Waals surface area contributed by atoms with Crippen molar-refractivity contribution in [3.63, 3.8) is 0 Å². The summed E-state index contributed by atoms with van der Waals surface area (Å²) in [5, 5.41) is 0.700. The number of fused-ring (bicyclic) bond motifs is 1. The first-order valence-electron chi connectivity index (χ1n) is 6.88. The number of ether oxygens (including phenoxy) is 1. The van der Waals surface area contributed by atoms with Gasteiger partial charge in [-0.05, 0) is 30.7 Å². The van der Waals surface area contributed by atoms with Crippen molar-refractivity contribution in [1.29, 1.82) is 0 Å². The minimum atomic E-state index is -0.634. The number of hydrogen-bond donors (Lipinski definition) is 0. The standard InChI is InChI=1S/C18H14O4/c1-12-16(21-11-13-5-3-2-4-6-13)8-7-14-9-15(10-19)18(20)22-17(12)14/h2-10H,11H2,1H3. The average molecular weight is 294 g/mol. The first kappa shape index (κ1) is 14.1. The summed E-state index contributed by atoms with van der Waals surface area (Å²) in [6.45, 7) is 2.26. The molecule has 2 aromatic carbocycles. The topological polar surface area (TPSA) is 56.5 Å². The van der Waals surface area contributed by atoms with Crippen molar-refractivity contribution in [1.82, 2.24) is 0 Å². The fourth-order valence-electron chi connectivity index (χ4n) is 2.30. The maximum absolute atomic E-state index is 11.7. The number of aryl methyl sites for hydroxylation is 1. The zero-order valence-electron chi connectivity index (χ0n) is 12.0. The largest absolute Gasteiger partial charge is 0.488 e. The van der Waals surface area contributed by atoms with Gasteiger partial charge >= 0.3 is 5.63 Å². The van der Waals surface area contributed by atoms with Crippen molar-refractivity contribution < 1.29 is 13.9 Å². The lowest BCUT2D eigenvalue weighted by molar-refractivity contribution is 0.112. The molecule has 4 nitrogen and oxygen atoms in total. The van der Waals surface area contributed by atoms with Gasteiger partial charge < -0.3 is 9.15 Å². The fourth-order valence-corrected chi connectivity index (χ4v) is 2.30. The molecule has 0 saturated heterocycles. The van der Waals surface area contributed by atoms with Crippen molar-refractivity contribution in [2.75, 3.05) is 0 Å². The van der Waals surface area contributed by atoms with E-state index in [2.05, 4.69) is 0 Å². The average Bonchev–Trinajstić information content (AvgIpc) is 2.55. The Morgan fingerprint density at radius 1 is 1.14 bits per heavy atom. The summed E-state index contributed by atoms with van der Waals surface area (Å²) in [6.07, 6.45) is 0.500. The van der Waals surface area contributed by atoms with Crippen molar-refractivity contribution >= 4 is 17.3 Å². The van der Waals surface area contributed by atoms with E-state index in [4.69, 9.17) is 9.15 Å². The maximum atomic E-state index is 11.7. The minimum absolute atomic E-state index is 0.0184. The van der Waals surface area contributed by atoms with Gasteiger partial charge in [-0.1, -0.05) is 30.3 Å². The molecule has 22 heavy (non-hydrogen) atoms. The molecule has 3 rings (SSSR count). The summed E-state index contributed by atoms with van der Waals surface area (Å²) >= 11 is 0. The second kappa shape index (κ2) is 5.85. The number of aldehydes is 1. The number of carbonyl (C=O) groups is 1. The van der Waals surface area contributed by atoms with Crippen LogP contribution in [0, 0.1) is 6.92 Å². The van der Waals surface area contributed by atoms with E-state index >= 15 is 0 Å². The summed E-state index contributed by atoms with van der Waals surface area (Å²) in [5.41, 5.74) is 1.62. The Hall–Kier alpha value is -2.88. The lowest BCUT2D eigenvalue weighted by Gasteiger charge is -2.10. The molecule has 0 fully saturated rings. The Kier molecular flexibility index (Phi) is 3.74. The van der Waals surface area contributed by atoms with Crippen LogP contribution in [0.2, 0.25) is 0 Å². The molecular weight excluding hydrogens is 280 g/mol. The molecule has 0 unspecified atom stereocenters. The normalized spacial score (nSPS) is 10.6. The van der Waals surface area contributed by atoms with Gasteiger partial charge in [0.05, 0.1) is 0 Å². The molecule has 0 aliphatic carbocycles. The second-order valence-corrected chi connectivity index (χ2v) is 4.99. The predicted molar refractivity (Wildman–Crippen MR) is 83.4 cm³/mol. The Morgan fingerprint density at radius 3 is 2.64 bits per heavy atom. The van der Waals surface area contributed by atoms with Crippen LogP contribution in [0.25, 0.3) is 11.0 Å². The molecule has 0 spiro atoms. The molecule has 0 bridgehead atoms. The van der Waals surface area contributed by atoms with E-state index in [0.29, 0.717) is 29.6 Å². The van der Waals surface area contributed by atoms with Crippen molar-refractivity contribution in [2.45, 2.75) is 13.5 Å². The minimum Gasteiger partial charge on any atom is -0.488 e. The van der Waals surface area contributed by atoms with Gasteiger partial charge in [-0.3, -0.25) is 4.79 Å². The van der Waals surface area contributed by atoms with E-state index in [1.54, 1.807) is 6.07 Å². The molecular formula is C18H14O4. The highest BCUT2D eigenvalue weighted by Crippen LogP contribution is 2.27. The van der Waals surface area contributed by atoms with Crippen LogP contribution in [0.1, 0.15) is 21.5 Å². The molecule has 0 N–H and O–H groups in total. The summed E-state index contributed by atoms with van der Waals surface area (Å²) < 4.78 is 11.0. The van der Waals surface area contributed by atoms with Crippen LogP contribution in [-0.2, 0) is 6.61 Å². The maximum Gasteiger partial charge on any atom is 0.346 e. The fraction of sp³-hybridized carbons (Fsp3) is 0.111. The molecule has 0 saturated carbocycles. The summed E-state index contributed by atoms with van der Waals surface area (Å²) in [4.78, 5) is 22.5. The number of benzene rings is 2.